The van der Waals surface area contributed by atoms with Gasteiger partial charge in [0.15, 0.2) is 11.5 Å². The summed E-state index contributed by atoms with van der Waals surface area (Å²) in [7, 11) is 0. The van der Waals surface area contributed by atoms with Gasteiger partial charge in [-0.3, -0.25) is 14.6 Å². The Bertz CT molecular complexity index is 1160. The fraction of sp³-hybridized carbons (Fsp3) is 0.261. The normalized spacial score (nSPS) is 17.6. The number of anilines is 1. The van der Waals surface area contributed by atoms with E-state index in [4.69, 9.17) is 9.47 Å². The largest absolute Gasteiger partial charge is 0.454 e. The van der Waals surface area contributed by atoms with E-state index in [-0.39, 0.29) is 18.6 Å². The fourth-order valence-electron chi connectivity index (χ4n) is 4.07. The maximum atomic E-state index is 13.1. The SMILES string of the molecule is Cc1cc(NC(=O)C2CCC(=O)N2Cc2ccc3c(c2)OCO3)c2ccccc2n1. The van der Waals surface area contributed by atoms with E-state index in [1.54, 1.807) is 4.90 Å². The lowest BCUT2D eigenvalue weighted by molar-refractivity contribution is -0.133. The lowest BCUT2D eigenvalue weighted by Gasteiger charge is -2.24. The van der Waals surface area contributed by atoms with Crippen LogP contribution in [0.15, 0.2) is 48.5 Å². The van der Waals surface area contributed by atoms with Crippen LogP contribution in [0.25, 0.3) is 10.9 Å². The van der Waals surface area contributed by atoms with Crippen LogP contribution in [-0.2, 0) is 16.1 Å². The van der Waals surface area contributed by atoms with E-state index >= 15 is 0 Å². The van der Waals surface area contributed by atoms with Crippen molar-refractivity contribution in [2.24, 2.45) is 0 Å². The summed E-state index contributed by atoms with van der Waals surface area (Å²) in [6.45, 7) is 2.45. The average molecular weight is 403 g/mol. The Labute approximate surface area is 173 Å². The number of nitrogens with one attached hydrogen (secondary N) is 1. The first-order valence-electron chi connectivity index (χ1n) is 9.94. The topological polar surface area (TPSA) is 80.8 Å². The van der Waals surface area contributed by atoms with Gasteiger partial charge in [-0.05, 0) is 43.2 Å². The van der Waals surface area contributed by atoms with E-state index in [0.29, 0.717) is 36.6 Å². The molecule has 1 aromatic heterocycles. The Morgan fingerprint density at radius 2 is 2.00 bits per heavy atom. The van der Waals surface area contributed by atoms with Crippen LogP contribution in [0.1, 0.15) is 24.1 Å². The molecule has 7 nitrogen and oxygen atoms in total. The van der Waals surface area contributed by atoms with Crippen LogP contribution < -0.4 is 14.8 Å². The Morgan fingerprint density at radius 3 is 2.90 bits per heavy atom. The van der Waals surface area contributed by atoms with Gasteiger partial charge in [0.25, 0.3) is 0 Å². The molecule has 1 saturated heterocycles. The highest BCUT2D eigenvalue weighted by Gasteiger charge is 2.36. The minimum Gasteiger partial charge on any atom is -0.454 e. The molecule has 152 valence electrons. The number of hydrogen-bond acceptors (Lipinski definition) is 5. The third kappa shape index (κ3) is 3.32. The number of nitrogens with zero attached hydrogens (tertiary/aromatic N) is 2. The first kappa shape index (κ1) is 18.4. The predicted molar refractivity (Wildman–Crippen MR) is 111 cm³/mol. The highest BCUT2D eigenvalue weighted by Crippen LogP contribution is 2.34. The molecular formula is C23H21N3O4. The molecule has 2 aromatic carbocycles. The molecule has 3 aromatic rings. The van der Waals surface area contributed by atoms with Crippen molar-refractivity contribution in [2.75, 3.05) is 12.1 Å². The molecule has 0 radical (unpaired) electrons. The molecule has 7 heteroatoms. The number of carbonyl (C=O) groups excluding carboxylic acids is 2. The van der Waals surface area contributed by atoms with E-state index in [1.165, 1.54) is 0 Å². The standard InChI is InChI=1S/C23H21N3O4/c1-14-10-18(16-4-2-3-5-17(16)24-14)25-23(28)19-7-9-22(27)26(19)12-15-6-8-20-21(11-15)30-13-29-20/h2-6,8,10-11,19H,7,9,12-13H2,1H3,(H,24,25,28). The summed E-state index contributed by atoms with van der Waals surface area (Å²) in [4.78, 5) is 31.8. The zero-order chi connectivity index (χ0) is 20.7. The number of hydrogen-bond donors (Lipinski definition) is 1. The van der Waals surface area contributed by atoms with Crippen LogP contribution in [-0.4, -0.2) is 34.5 Å². The monoisotopic (exact) mass is 403 g/mol. The fourth-order valence-corrected chi connectivity index (χ4v) is 4.07. The summed E-state index contributed by atoms with van der Waals surface area (Å²) in [6, 6.07) is 14.6. The third-order valence-electron chi connectivity index (χ3n) is 5.52. The highest BCUT2D eigenvalue weighted by atomic mass is 16.7. The van der Waals surface area contributed by atoms with Crippen molar-refractivity contribution in [3.63, 3.8) is 0 Å². The Morgan fingerprint density at radius 1 is 1.17 bits per heavy atom. The molecule has 30 heavy (non-hydrogen) atoms. The maximum absolute atomic E-state index is 13.1. The molecule has 0 spiro atoms. The zero-order valence-electron chi connectivity index (χ0n) is 16.6. The van der Waals surface area contributed by atoms with Crippen LogP contribution in [0, 0.1) is 6.92 Å². The summed E-state index contributed by atoms with van der Waals surface area (Å²) in [5.41, 5.74) is 3.26. The van der Waals surface area contributed by atoms with E-state index in [1.807, 2.05) is 55.5 Å². The number of carbonyl (C=O) groups is 2. The van der Waals surface area contributed by atoms with Crippen LogP contribution >= 0.6 is 0 Å². The number of rotatable bonds is 4. The van der Waals surface area contributed by atoms with Gasteiger partial charge in [0, 0.05) is 24.0 Å². The van der Waals surface area contributed by atoms with E-state index < -0.39 is 6.04 Å². The molecule has 1 fully saturated rings. The van der Waals surface area contributed by atoms with Crippen molar-refractivity contribution < 1.29 is 19.1 Å². The zero-order valence-corrected chi connectivity index (χ0v) is 16.6. The van der Waals surface area contributed by atoms with Gasteiger partial charge < -0.3 is 19.7 Å². The molecule has 2 aliphatic rings. The molecular weight excluding hydrogens is 382 g/mol. The van der Waals surface area contributed by atoms with Crippen molar-refractivity contribution in [1.82, 2.24) is 9.88 Å². The summed E-state index contributed by atoms with van der Waals surface area (Å²) < 4.78 is 10.8. The molecule has 0 saturated carbocycles. The molecule has 1 unspecified atom stereocenters. The van der Waals surface area contributed by atoms with Crippen LogP contribution in [0.4, 0.5) is 5.69 Å². The van der Waals surface area contributed by atoms with Gasteiger partial charge in [0.05, 0.1) is 11.2 Å². The smallest absolute Gasteiger partial charge is 0.247 e. The average Bonchev–Trinajstić information content (AvgIpc) is 3.34. The van der Waals surface area contributed by atoms with Crippen molar-refractivity contribution in [3.05, 3.63) is 59.8 Å². The van der Waals surface area contributed by atoms with Gasteiger partial charge in [-0.25, -0.2) is 0 Å². The predicted octanol–water partition coefficient (Wildman–Crippen LogP) is 3.40. The van der Waals surface area contributed by atoms with Crippen molar-refractivity contribution in [3.8, 4) is 11.5 Å². The Balaban J connectivity index is 1.38. The van der Waals surface area contributed by atoms with Gasteiger partial charge in [0.2, 0.25) is 18.6 Å². The van der Waals surface area contributed by atoms with Crippen molar-refractivity contribution >= 4 is 28.4 Å². The number of likely N-dealkylation sites (tertiary alicyclic amines) is 1. The number of fused-ring (bicyclic) bond motifs is 2. The van der Waals surface area contributed by atoms with Crippen molar-refractivity contribution in [1.29, 1.82) is 0 Å². The molecule has 2 amide bonds. The van der Waals surface area contributed by atoms with Gasteiger partial charge >= 0.3 is 0 Å². The van der Waals surface area contributed by atoms with Crippen LogP contribution in [0.2, 0.25) is 0 Å². The quantitative estimate of drug-likeness (QED) is 0.722. The minimum atomic E-state index is -0.518. The molecule has 0 bridgehead atoms. The molecule has 5 rings (SSSR count). The second-order valence-electron chi connectivity index (χ2n) is 7.58. The van der Waals surface area contributed by atoms with E-state index in [0.717, 1.165) is 22.2 Å². The number of pyridine rings is 1. The molecule has 1 atom stereocenters. The summed E-state index contributed by atoms with van der Waals surface area (Å²) in [6.07, 6.45) is 0.857. The lowest BCUT2D eigenvalue weighted by Crippen LogP contribution is -2.41. The number of benzene rings is 2. The van der Waals surface area contributed by atoms with Gasteiger partial charge in [-0.2, -0.15) is 0 Å². The first-order chi connectivity index (χ1) is 14.6. The number of para-hydroxylation sites is 1. The van der Waals surface area contributed by atoms with E-state index in [9.17, 15) is 9.59 Å². The maximum Gasteiger partial charge on any atom is 0.247 e. The Kier molecular flexibility index (Phi) is 4.50. The van der Waals surface area contributed by atoms with Crippen LogP contribution in [0.5, 0.6) is 11.5 Å². The van der Waals surface area contributed by atoms with Crippen LogP contribution in [0.3, 0.4) is 0 Å². The highest BCUT2D eigenvalue weighted by molar-refractivity contribution is 6.04. The second kappa shape index (κ2) is 7.33. The number of aryl methyl sites for hydroxylation is 1. The first-order valence-corrected chi connectivity index (χ1v) is 9.94. The molecule has 1 N–H and O–H groups in total. The molecule has 3 heterocycles. The lowest BCUT2D eigenvalue weighted by atomic mass is 10.1. The van der Waals surface area contributed by atoms with Gasteiger partial charge in [0.1, 0.15) is 6.04 Å². The van der Waals surface area contributed by atoms with Gasteiger partial charge in [-0.15, -0.1) is 0 Å². The third-order valence-corrected chi connectivity index (χ3v) is 5.52. The molecule has 0 aliphatic carbocycles. The molecule has 2 aliphatic heterocycles. The number of amides is 2. The van der Waals surface area contributed by atoms with Crippen molar-refractivity contribution in [2.45, 2.75) is 32.4 Å². The number of ether oxygens (including phenoxy) is 2. The van der Waals surface area contributed by atoms with Gasteiger partial charge in [-0.1, -0.05) is 24.3 Å². The summed E-state index contributed by atoms with van der Waals surface area (Å²) in [5.74, 6) is 1.15. The number of aromatic nitrogens is 1. The summed E-state index contributed by atoms with van der Waals surface area (Å²) in [5, 5.41) is 3.91. The van der Waals surface area contributed by atoms with E-state index in [2.05, 4.69) is 10.3 Å². The Hall–Kier alpha value is -3.61. The minimum absolute atomic E-state index is 0.0245. The summed E-state index contributed by atoms with van der Waals surface area (Å²) >= 11 is 0. The second-order valence-corrected chi connectivity index (χ2v) is 7.58.